The highest BCUT2D eigenvalue weighted by Crippen LogP contribution is 2.14. The molecule has 0 aliphatic rings. The number of allylic oxidation sites excluding steroid dienone is 2. The predicted octanol–water partition coefficient (Wildman–Crippen LogP) is 5.01. The Morgan fingerprint density at radius 1 is 0.477 bits per heavy atom. The van der Waals surface area contributed by atoms with Crippen LogP contribution in [0.1, 0.15) is 170 Å². The van der Waals surface area contributed by atoms with Gasteiger partial charge in [-0.3, -0.25) is 0 Å². The molecule has 260 valence electrons. The van der Waals surface area contributed by atoms with Gasteiger partial charge in [0.05, 0.1) is 39.3 Å². The van der Waals surface area contributed by atoms with Gasteiger partial charge in [0.15, 0.2) is 0 Å². The van der Waals surface area contributed by atoms with E-state index in [1.165, 1.54) is 116 Å². The van der Waals surface area contributed by atoms with Crippen LogP contribution in [-0.2, 0) is 9.59 Å². The minimum atomic E-state index is -1.97. The lowest BCUT2D eigenvalue weighted by Gasteiger charge is -2.26. The van der Waals surface area contributed by atoms with Crippen molar-refractivity contribution in [2.45, 2.75) is 177 Å². The Hall–Kier alpha value is -1.20. The van der Waals surface area contributed by atoms with Crippen molar-refractivity contribution in [1.29, 1.82) is 0 Å². The van der Waals surface area contributed by atoms with Gasteiger partial charge < -0.3 is 19.8 Å². The normalized spacial score (nSPS) is 10.4. The highest BCUT2D eigenvalue weighted by atomic mass is 16.4. The van der Waals surface area contributed by atoms with Crippen molar-refractivity contribution in [3.8, 4) is 0 Å². The summed E-state index contributed by atoms with van der Waals surface area (Å²) < 4.78 is 0. The Kier molecular flexibility index (Phi) is 42.7. The zero-order valence-electron chi connectivity index (χ0n) is 30.6. The Labute approximate surface area is 275 Å². The number of hydrogen-bond acceptors (Lipinski definition) is 4. The number of hydrogen-bond donors (Lipinski definition) is 2. The van der Waals surface area contributed by atoms with Gasteiger partial charge >= 0.3 is 0 Å². The largest absolute Gasteiger partial charge is 0.893 e. The second kappa shape index (κ2) is 39.8. The molecular formula is C37H75BN2O4. The van der Waals surface area contributed by atoms with Gasteiger partial charge in [-0.1, -0.05) is 106 Å². The summed E-state index contributed by atoms with van der Waals surface area (Å²) in [6.07, 6.45) is 21.9. The Bertz CT molecular complexity index is 614. The average molecular weight is 623 g/mol. The molecule has 0 saturated carbocycles. The van der Waals surface area contributed by atoms with Crippen LogP contribution in [0.5, 0.6) is 0 Å². The van der Waals surface area contributed by atoms with Crippen LogP contribution < -0.4 is 19.8 Å². The molecule has 0 atom stereocenters. The summed E-state index contributed by atoms with van der Waals surface area (Å²) in [4.78, 5) is 24.5. The summed E-state index contributed by atoms with van der Waals surface area (Å²) in [5, 5.41) is 20.8. The molecule has 0 fully saturated rings. The maximum atomic E-state index is 10.4. The van der Waals surface area contributed by atoms with E-state index in [0.717, 1.165) is 44.1 Å². The number of carbonyl (C=O) groups excluding carboxylic acids is 2. The smallest absolute Gasteiger partial charge is 0.123 e. The van der Waals surface area contributed by atoms with Crippen LogP contribution >= 0.6 is 0 Å². The minimum Gasteiger partial charge on any atom is -0.893 e. The molecule has 0 aliphatic carbocycles. The van der Waals surface area contributed by atoms with Crippen molar-refractivity contribution in [1.82, 2.24) is 0 Å². The van der Waals surface area contributed by atoms with E-state index in [0.29, 0.717) is 12.0 Å². The number of unbranched alkanes of at least 4 members (excludes halogenated alkanes) is 9. The van der Waals surface area contributed by atoms with Crippen molar-refractivity contribution in [3.05, 3.63) is 11.1 Å². The van der Waals surface area contributed by atoms with Gasteiger partial charge in [-0.15, -0.1) is 7.12 Å². The fourth-order valence-corrected chi connectivity index (χ4v) is 5.04. The zero-order valence-corrected chi connectivity index (χ0v) is 30.6. The molecule has 7 heteroatoms. The molecule has 0 radical (unpaired) electrons. The first-order chi connectivity index (χ1) is 21.3. The maximum absolute atomic E-state index is 10.4. The fraction of sp³-hybridized carbons (Fsp3) is 0.892. The molecule has 0 rings (SSSR count). The third-order valence-electron chi connectivity index (χ3n) is 8.14. The monoisotopic (exact) mass is 623 g/mol. The molecule has 0 unspecified atom stereocenters. The molecule has 0 aromatic rings. The molecule has 0 aromatic heterocycles. The van der Waals surface area contributed by atoms with Crippen LogP contribution in [-0.4, -0.2) is 58.3 Å². The van der Waals surface area contributed by atoms with Crippen molar-refractivity contribution < 1.29 is 29.4 Å². The van der Waals surface area contributed by atoms with E-state index < -0.39 is 7.12 Å². The SMILES string of the molecule is CCC(=C=O)CCCCCCC(=C=O)CB([O-])[O-].CCCC[NH+](CCCC)CCCC.CCCC[NH+](CCCC)CCCC. The zero-order chi connectivity index (χ0) is 33.7. The van der Waals surface area contributed by atoms with Crippen molar-refractivity contribution in [2.75, 3.05) is 39.3 Å². The molecule has 0 heterocycles. The summed E-state index contributed by atoms with van der Waals surface area (Å²) in [5.41, 5.74) is 1.11. The van der Waals surface area contributed by atoms with Crippen molar-refractivity contribution >= 4 is 19.0 Å². The van der Waals surface area contributed by atoms with Crippen molar-refractivity contribution in [3.63, 3.8) is 0 Å². The highest BCUT2D eigenvalue weighted by Gasteiger charge is 2.06. The first kappa shape index (κ1) is 47.2. The number of nitrogens with one attached hydrogen (secondary N) is 2. The lowest BCUT2D eigenvalue weighted by molar-refractivity contribution is -0.900. The fourth-order valence-electron chi connectivity index (χ4n) is 5.04. The summed E-state index contributed by atoms with van der Waals surface area (Å²) in [6.45, 7) is 24.1. The third-order valence-corrected chi connectivity index (χ3v) is 8.14. The molecule has 0 spiro atoms. The van der Waals surface area contributed by atoms with Crippen LogP contribution in [0.25, 0.3) is 0 Å². The molecule has 44 heavy (non-hydrogen) atoms. The summed E-state index contributed by atoms with van der Waals surface area (Å²) >= 11 is 0. The second-order valence-electron chi connectivity index (χ2n) is 12.4. The van der Waals surface area contributed by atoms with Gasteiger partial charge in [-0.05, 0) is 70.6 Å². The van der Waals surface area contributed by atoms with Crippen molar-refractivity contribution in [2.24, 2.45) is 0 Å². The van der Waals surface area contributed by atoms with E-state index in [-0.39, 0.29) is 6.32 Å². The lowest BCUT2D eigenvalue weighted by atomic mass is 9.80. The number of quaternary nitrogens is 2. The van der Waals surface area contributed by atoms with Crippen LogP contribution in [0.15, 0.2) is 11.1 Å². The van der Waals surface area contributed by atoms with E-state index in [2.05, 4.69) is 41.5 Å². The van der Waals surface area contributed by atoms with E-state index in [9.17, 15) is 19.6 Å². The first-order valence-electron chi connectivity index (χ1n) is 18.8. The van der Waals surface area contributed by atoms with E-state index >= 15 is 0 Å². The summed E-state index contributed by atoms with van der Waals surface area (Å²) in [5.74, 6) is 3.61. The molecule has 0 saturated heterocycles. The Balaban J connectivity index is -0.000000585. The summed E-state index contributed by atoms with van der Waals surface area (Å²) in [7, 11) is -1.97. The minimum absolute atomic E-state index is 0.239. The lowest BCUT2D eigenvalue weighted by Crippen LogP contribution is -3.12. The second-order valence-corrected chi connectivity index (χ2v) is 12.4. The molecule has 0 bridgehead atoms. The molecule has 6 nitrogen and oxygen atoms in total. The van der Waals surface area contributed by atoms with Crippen LogP contribution in [0.3, 0.4) is 0 Å². The molecular weight excluding hydrogens is 547 g/mol. The highest BCUT2D eigenvalue weighted by molar-refractivity contribution is 6.38. The quantitative estimate of drug-likeness (QED) is 0.0730. The molecule has 2 N–H and O–H groups in total. The third kappa shape index (κ3) is 37.0. The van der Waals surface area contributed by atoms with Gasteiger partial charge in [0.2, 0.25) is 0 Å². The van der Waals surface area contributed by atoms with E-state index in [1.54, 1.807) is 5.94 Å². The molecule has 0 aromatic carbocycles. The van der Waals surface area contributed by atoms with Gasteiger partial charge in [-0.2, -0.15) is 0 Å². The maximum Gasteiger partial charge on any atom is 0.123 e. The van der Waals surface area contributed by atoms with E-state index in [4.69, 9.17) is 0 Å². The summed E-state index contributed by atoms with van der Waals surface area (Å²) in [6, 6.07) is 0. The van der Waals surface area contributed by atoms with Crippen LogP contribution in [0.4, 0.5) is 0 Å². The van der Waals surface area contributed by atoms with E-state index in [1.807, 2.05) is 22.7 Å². The molecule has 0 amide bonds. The Morgan fingerprint density at radius 3 is 1.00 bits per heavy atom. The number of rotatable bonds is 28. The molecule has 0 aliphatic heterocycles. The van der Waals surface area contributed by atoms with Gasteiger partial charge in [0.25, 0.3) is 0 Å². The first-order valence-corrected chi connectivity index (χ1v) is 18.8. The van der Waals surface area contributed by atoms with Crippen LogP contribution in [0, 0.1) is 0 Å². The Morgan fingerprint density at radius 2 is 0.773 bits per heavy atom. The topological polar surface area (TPSA) is 89.1 Å². The van der Waals surface area contributed by atoms with Gasteiger partial charge in [0, 0.05) is 11.1 Å². The van der Waals surface area contributed by atoms with Gasteiger partial charge in [-0.25, -0.2) is 9.59 Å². The average Bonchev–Trinajstić information content (AvgIpc) is 3.03. The van der Waals surface area contributed by atoms with Crippen LogP contribution in [0.2, 0.25) is 6.32 Å². The predicted molar refractivity (Wildman–Crippen MR) is 188 cm³/mol. The standard InChI is InChI=1S/C13H19BO4.2C12H27N/c1-2-12(10-15)7-5-3-4-6-8-13(11-16)9-14(17)18;2*1-4-7-10-13(11-8-5-2)12-9-6-3/h2-9H2,1H3;2*4-12H2,1-3H3/q-2;;/p+2. The van der Waals surface area contributed by atoms with Gasteiger partial charge in [0.1, 0.15) is 11.9 Å².